The van der Waals surface area contributed by atoms with Crippen molar-refractivity contribution in [1.82, 2.24) is 18.9 Å². The molecule has 0 amide bonds. The minimum Gasteiger partial charge on any atom is -0.491 e. The third kappa shape index (κ3) is 3.70. The van der Waals surface area contributed by atoms with Gasteiger partial charge in [0.2, 0.25) is 0 Å². The second-order valence-electron chi connectivity index (χ2n) is 8.73. The number of benzene rings is 2. The van der Waals surface area contributed by atoms with Crippen LogP contribution in [0.3, 0.4) is 0 Å². The standard InChI is InChI=1S/C26H23N5O4/c32-26-22-6-2-1-5-21(22)24-25(30(26)18-7-9-19(10-8-18)31(33)34)29-17-20(11-12-23(29)27-24)35-16-15-28-13-3-4-14-28/h1-2,5-12,17H,3-4,13-16H2. The first kappa shape index (κ1) is 21.3. The quantitative estimate of drug-likeness (QED) is 0.274. The maximum absolute atomic E-state index is 13.7. The number of rotatable bonds is 6. The van der Waals surface area contributed by atoms with Crippen molar-refractivity contribution in [3.63, 3.8) is 0 Å². The van der Waals surface area contributed by atoms with Crippen LogP contribution < -0.4 is 10.3 Å². The molecule has 9 heteroatoms. The predicted octanol–water partition coefficient (Wildman–Crippen LogP) is 4.17. The van der Waals surface area contributed by atoms with Crippen molar-refractivity contribution in [3.05, 3.63) is 87.3 Å². The van der Waals surface area contributed by atoms with Crippen molar-refractivity contribution >= 4 is 33.3 Å². The molecule has 35 heavy (non-hydrogen) atoms. The summed E-state index contributed by atoms with van der Waals surface area (Å²) in [5, 5.41) is 12.4. The van der Waals surface area contributed by atoms with E-state index < -0.39 is 4.92 Å². The summed E-state index contributed by atoms with van der Waals surface area (Å²) in [7, 11) is 0. The first-order valence-electron chi connectivity index (χ1n) is 11.7. The Balaban J connectivity index is 1.52. The molecule has 0 N–H and O–H groups in total. The summed E-state index contributed by atoms with van der Waals surface area (Å²) in [5.74, 6) is 0.687. The van der Waals surface area contributed by atoms with Crippen LogP contribution in [0, 0.1) is 10.1 Å². The highest BCUT2D eigenvalue weighted by atomic mass is 16.6. The lowest BCUT2D eigenvalue weighted by atomic mass is 10.1. The molecule has 3 aromatic heterocycles. The second kappa shape index (κ2) is 8.52. The number of likely N-dealkylation sites (tertiary alicyclic amines) is 1. The fourth-order valence-electron chi connectivity index (χ4n) is 4.85. The number of aromatic nitrogens is 3. The molecule has 0 bridgehead atoms. The van der Waals surface area contributed by atoms with Crippen LogP contribution >= 0.6 is 0 Å². The molecular weight excluding hydrogens is 446 g/mol. The average Bonchev–Trinajstić information content (AvgIpc) is 3.53. The average molecular weight is 470 g/mol. The van der Waals surface area contributed by atoms with E-state index in [2.05, 4.69) is 4.90 Å². The van der Waals surface area contributed by atoms with Crippen LogP contribution in [-0.2, 0) is 0 Å². The number of nitro benzene ring substituents is 1. The van der Waals surface area contributed by atoms with E-state index in [1.807, 2.05) is 40.9 Å². The summed E-state index contributed by atoms with van der Waals surface area (Å²) < 4.78 is 9.47. The first-order chi connectivity index (χ1) is 17.1. The van der Waals surface area contributed by atoms with Crippen molar-refractivity contribution in [2.45, 2.75) is 12.8 Å². The van der Waals surface area contributed by atoms with Crippen LogP contribution in [0.4, 0.5) is 5.69 Å². The summed E-state index contributed by atoms with van der Waals surface area (Å²) in [4.78, 5) is 31.6. The summed E-state index contributed by atoms with van der Waals surface area (Å²) >= 11 is 0. The summed E-state index contributed by atoms with van der Waals surface area (Å²) in [6.45, 7) is 3.68. The molecular formula is C26H23N5O4. The molecule has 0 radical (unpaired) electrons. The number of nitro groups is 1. The van der Waals surface area contributed by atoms with Gasteiger partial charge in [-0.25, -0.2) is 4.98 Å². The van der Waals surface area contributed by atoms with E-state index >= 15 is 0 Å². The fourth-order valence-corrected chi connectivity index (χ4v) is 4.85. The molecule has 1 aliphatic rings. The SMILES string of the molecule is O=c1c2ccccc2c2nc3ccc(OCCN4CCCC4)cn3c2n1-c1ccc([N+](=O)[O-])cc1. The molecule has 0 unspecified atom stereocenters. The zero-order chi connectivity index (χ0) is 23.9. The van der Waals surface area contributed by atoms with E-state index in [1.165, 1.54) is 25.0 Å². The van der Waals surface area contributed by atoms with Crippen LogP contribution in [-0.4, -0.2) is 50.0 Å². The van der Waals surface area contributed by atoms with Crippen LogP contribution in [0.5, 0.6) is 5.75 Å². The normalized spacial score (nSPS) is 14.3. The molecule has 0 atom stereocenters. The number of ether oxygens (including phenoxy) is 1. The fraction of sp³-hybridized carbons (Fsp3) is 0.231. The Morgan fingerprint density at radius 3 is 2.46 bits per heavy atom. The molecule has 2 aromatic carbocycles. The van der Waals surface area contributed by atoms with E-state index in [0.717, 1.165) is 25.0 Å². The van der Waals surface area contributed by atoms with E-state index in [1.54, 1.807) is 22.8 Å². The van der Waals surface area contributed by atoms with Gasteiger partial charge in [-0.3, -0.25) is 28.8 Å². The van der Waals surface area contributed by atoms with Crippen LogP contribution in [0.15, 0.2) is 71.7 Å². The maximum atomic E-state index is 13.7. The molecule has 9 nitrogen and oxygen atoms in total. The molecule has 0 saturated carbocycles. The van der Waals surface area contributed by atoms with Crippen LogP contribution in [0.2, 0.25) is 0 Å². The van der Waals surface area contributed by atoms with E-state index in [-0.39, 0.29) is 11.2 Å². The Morgan fingerprint density at radius 2 is 1.71 bits per heavy atom. The lowest BCUT2D eigenvalue weighted by Gasteiger charge is -2.15. The van der Waals surface area contributed by atoms with Gasteiger partial charge >= 0.3 is 0 Å². The summed E-state index contributed by atoms with van der Waals surface area (Å²) in [6.07, 6.45) is 4.33. The largest absolute Gasteiger partial charge is 0.491 e. The van der Waals surface area contributed by atoms with Crippen molar-refractivity contribution < 1.29 is 9.66 Å². The third-order valence-electron chi connectivity index (χ3n) is 6.59. The summed E-state index contributed by atoms with van der Waals surface area (Å²) in [5.41, 5.74) is 2.21. The number of hydrogen-bond donors (Lipinski definition) is 0. The van der Waals surface area contributed by atoms with E-state index in [9.17, 15) is 14.9 Å². The molecule has 0 spiro atoms. The Morgan fingerprint density at radius 1 is 0.971 bits per heavy atom. The molecule has 176 valence electrons. The lowest BCUT2D eigenvalue weighted by molar-refractivity contribution is -0.384. The lowest BCUT2D eigenvalue weighted by Crippen LogP contribution is -2.25. The van der Waals surface area contributed by atoms with Gasteiger partial charge in [0.1, 0.15) is 23.5 Å². The molecule has 1 aliphatic heterocycles. The number of non-ortho nitro benzene ring substituents is 1. The van der Waals surface area contributed by atoms with E-state index in [0.29, 0.717) is 40.2 Å². The Labute approximate surface area is 199 Å². The zero-order valence-electron chi connectivity index (χ0n) is 19.0. The number of hydrogen-bond acceptors (Lipinski definition) is 6. The van der Waals surface area contributed by atoms with Gasteiger partial charge < -0.3 is 4.74 Å². The van der Waals surface area contributed by atoms with Gasteiger partial charge in [-0.15, -0.1) is 0 Å². The topological polar surface area (TPSA) is 94.9 Å². The number of fused-ring (bicyclic) bond motifs is 5. The van der Waals surface area contributed by atoms with Gasteiger partial charge in [-0.05, 0) is 56.3 Å². The number of pyridine rings is 2. The van der Waals surface area contributed by atoms with Crippen LogP contribution in [0.25, 0.3) is 33.3 Å². The molecule has 4 heterocycles. The Bertz CT molecular complexity index is 1630. The van der Waals surface area contributed by atoms with Crippen molar-refractivity contribution in [1.29, 1.82) is 0 Å². The first-order valence-corrected chi connectivity index (χ1v) is 11.7. The molecule has 0 aliphatic carbocycles. The smallest absolute Gasteiger partial charge is 0.269 e. The van der Waals surface area contributed by atoms with E-state index in [4.69, 9.17) is 9.72 Å². The molecule has 1 fully saturated rings. The van der Waals surface area contributed by atoms with Crippen molar-refractivity contribution in [2.24, 2.45) is 0 Å². The second-order valence-corrected chi connectivity index (χ2v) is 8.73. The Kier molecular flexibility index (Phi) is 5.18. The van der Waals surface area contributed by atoms with Gasteiger partial charge in [-0.2, -0.15) is 0 Å². The minimum absolute atomic E-state index is 0.0364. The highest BCUT2D eigenvalue weighted by Gasteiger charge is 2.19. The number of imidazole rings is 1. The van der Waals surface area contributed by atoms with Gasteiger partial charge in [0.25, 0.3) is 11.2 Å². The van der Waals surface area contributed by atoms with Crippen molar-refractivity contribution in [2.75, 3.05) is 26.2 Å². The van der Waals surface area contributed by atoms with Gasteiger partial charge in [0.05, 0.1) is 16.8 Å². The third-order valence-corrected chi connectivity index (χ3v) is 6.59. The van der Waals surface area contributed by atoms with Gasteiger partial charge in [0.15, 0.2) is 5.65 Å². The van der Waals surface area contributed by atoms with Crippen LogP contribution in [0.1, 0.15) is 12.8 Å². The van der Waals surface area contributed by atoms with Gasteiger partial charge in [0, 0.05) is 29.4 Å². The monoisotopic (exact) mass is 469 g/mol. The summed E-state index contributed by atoms with van der Waals surface area (Å²) in [6, 6.07) is 17.1. The van der Waals surface area contributed by atoms with Gasteiger partial charge in [-0.1, -0.05) is 18.2 Å². The molecule has 5 aromatic rings. The molecule has 6 rings (SSSR count). The zero-order valence-corrected chi connectivity index (χ0v) is 19.0. The predicted molar refractivity (Wildman–Crippen MR) is 134 cm³/mol. The Hall–Kier alpha value is -4.24. The molecule has 1 saturated heterocycles. The number of nitrogens with zero attached hydrogens (tertiary/aromatic N) is 5. The highest BCUT2D eigenvalue weighted by Crippen LogP contribution is 2.28. The minimum atomic E-state index is -0.456. The highest BCUT2D eigenvalue weighted by molar-refractivity contribution is 6.04. The van der Waals surface area contributed by atoms with Crippen molar-refractivity contribution in [3.8, 4) is 11.4 Å². The maximum Gasteiger partial charge on any atom is 0.269 e.